The van der Waals surface area contributed by atoms with E-state index in [0.717, 1.165) is 5.69 Å². The number of carbonyl (C=O) groups is 1. The molecule has 1 aromatic rings. The highest BCUT2D eigenvalue weighted by Gasteiger charge is 2.06. The van der Waals surface area contributed by atoms with Gasteiger partial charge in [0.25, 0.3) is 0 Å². The molecule has 0 aromatic carbocycles. The van der Waals surface area contributed by atoms with Gasteiger partial charge in [-0.3, -0.25) is 4.79 Å². The molecule has 0 amide bonds. The molecule has 1 aromatic heterocycles. The number of thiophene rings is 1. The maximum absolute atomic E-state index is 10.3. The lowest BCUT2D eigenvalue weighted by Gasteiger charge is -2.10. The zero-order chi connectivity index (χ0) is 8.97. The van der Waals surface area contributed by atoms with E-state index in [9.17, 15) is 4.79 Å². The first-order chi connectivity index (χ1) is 5.68. The van der Waals surface area contributed by atoms with Crippen LogP contribution in [-0.4, -0.2) is 17.1 Å². The molecular weight excluding hydrogens is 174 g/mol. The Morgan fingerprint density at radius 3 is 3.08 bits per heavy atom. The largest absolute Gasteiger partial charge is 0.481 e. The van der Waals surface area contributed by atoms with Crippen LogP contribution in [0.4, 0.5) is 5.69 Å². The van der Waals surface area contributed by atoms with Crippen LogP contribution in [0.15, 0.2) is 16.8 Å². The van der Waals surface area contributed by atoms with Gasteiger partial charge in [-0.15, -0.1) is 0 Å². The molecule has 0 unspecified atom stereocenters. The Bertz CT molecular complexity index is 246. The Morgan fingerprint density at radius 1 is 1.83 bits per heavy atom. The average molecular weight is 185 g/mol. The van der Waals surface area contributed by atoms with Crippen molar-refractivity contribution in [3.8, 4) is 0 Å². The summed E-state index contributed by atoms with van der Waals surface area (Å²) in [6.07, 6.45) is 0.149. The summed E-state index contributed by atoms with van der Waals surface area (Å²) in [5.74, 6) is -0.773. The van der Waals surface area contributed by atoms with Crippen LogP contribution in [0.5, 0.6) is 0 Å². The molecule has 0 aliphatic rings. The van der Waals surface area contributed by atoms with Crippen molar-refractivity contribution >= 4 is 23.0 Å². The van der Waals surface area contributed by atoms with Crippen molar-refractivity contribution in [3.05, 3.63) is 16.8 Å². The minimum atomic E-state index is -0.773. The SMILES string of the molecule is C[C@H](CC(=O)O)Nc1ccsc1. The second kappa shape index (κ2) is 4.11. The van der Waals surface area contributed by atoms with Crippen LogP contribution >= 0.6 is 11.3 Å². The van der Waals surface area contributed by atoms with Crippen LogP contribution in [0.3, 0.4) is 0 Å². The van der Waals surface area contributed by atoms with Crippen molar-refractivity contribution < 1.29 is 9.90 Å². The van der Waals surface area contributed by atoms with Gasteiger partial charge in [0.05, 0.1) is 6.42 Å². The third-order valence-electron chi connectivity index (χ3n) is 1.42. The van der Waals surface area contributed by atoms with Crippen LogP contribution < -0.4 is 5.32 Å². The van der Waals surface area contributed by atoms with Crippen LogP contribution in [0.2, 0.25) is 0 Å². The Hall–Kier alpha value is -1.03. The minimum absolute atomic E-state index is 0.0166. The zero-order valence-corrected chi connectivity index (χ0v) is 7.60. The van der Waals surface area contributed by atoms with Gasteiger partial charge in [0, 0.05) is 17.1 Å². The number of carboxylic acid groups (broad SMARTS) is 1. The van der Waals surface area contributed by atoms with Crippen molar-refractivity contribution in [2.75, 3.05) is 5.32 Å². The van der Waals surface area contributed by atoms with Gasteiger partial charge in [-0.2, -0.15) is 11.3 Å². The number of hydrogen-bond donors (Lipinski definition) is 2. The third kappa shape index (κ3) is 2.92. The van der Waals surface area contributed by atoms with Crippen molar-refractivity contribution in [2.45, 2.75) is 19.4 Å². The van der Waals surface area contributed by atoms with Crippen molar-refractivity contribution in [1.29, 1.82) is 0 Å². The third-order valence-corrected chi connectivity index (χ3v) is 2.10. The molecule has 4 heteroatoms. The number of carboxylic acids is 1. The Kier molecular flexibility index (Phi) is 3.10. The summed E-state index contributed by atoms with van der Waals surface area (Å²) in [7, 11) is 0. The molecule has 0 radical (unpaired) electrons. The zero-order valence-electron chi connectivity index (χ0n) is 6.78. The maximum atomic E-state index is 10.3. The van der Waals surface area contributed by atoms with Gasteiger partial charge < -0.3 is 10.4 Å². The predicted octanol–water partition coefficient (Wildman–Crippen LogP) is 2.02. The first kappa shape index (κ1) is 9.06. The van der Waals surface area contributed by atoms with E-state index in [1.54, 1.807) is 11.3 Å². The summed E-state index contributed by atoms with van der Waals surface area (Å²) in [5, 5.41) is 15.5. The van der Waals surface area contributed by atoms with Crippen LogP contribution in [-0.2, 0) is 4.79 Å². The molecule has 3 nitrogen and oxygen atoms in total. The van der Waals surface area contributed by atoms with E-state index in [-0.39, 0.29) is 12.5 Å². The van der Waals surface area contributed by atoms with E-state index >= 15 is 0 Å². The number of anilines is 1. The van der Waals surface area contributed by atoms with Crippen molar-refractivity contribution in [2.24, 2.45) is 0 Å². The topological polar surface area (TPSA) is 49.3 Å². The number of hydrogen-bond acceptors (Lipinski definition) is 3. The van der Waals surface area contributed by atoms with E-state index in [1.165, 1.54) is 0 Å². The quantitative estimate of drug-likeness (QED) is 0.754. The second-order valence-corrected chi connectivity index (χ2v) is 3.44. The van der Waals surface area contributed by atoms with E-state index in [0.29, 0.717) is 0 Å². The van der Waals surface area contributed by atoms with E-state index < -0.39 is 5.97 Å². The van der Waals surface area contributed by atoms with Crippen LogP contribution in [0, 0.1) is 0 Å². The summed E-state index contributed by atoms with van der Waals surface area (Å²) in [6.45, 7) is 1.85. The summed E-state index contributed by atoms with van der Waals surface area (Å²) >= 11 is 1.59. The number of nitrogens with one attached hydrogen (secondary N) is 1. The van der Waals surface area contributed by atoms with E-state index in [2.05, 4.69) is 5.32 Å². The molecule has 0 aliphatic heterocycles. The van der Waals surface area contributed by atoms with Gasteiger partial charge in [0.2, 0.25) is 0 Å². The first-order valence-electron chi connectivity index (χ1n) is 3.69. The smallest absolute Gasteiger partial charge is 0.305 e. The van der Waals surface area contributed by atoms with Crippen molar-refractivity contribution in [3.63, 3.8) is 0 Å². The molecule has 1 rings (SSSR count). The summed E-state index contributed by atoms with van der Waals surface area (Å²) < 4.78 is 0. The van der Waals surface area contributed by atoms with E-state index in [1.807, 2.05) is 23.8 Å². The van der Waals surface area contributed by atoms with Gasteiger partial charge in [0.15, 0.2) is 0 Å². The lowest BCUT2D eigenvalue weighted by atomic mass is 10.2. The number of aliphatic carboxylic acids is 1. The normalized spacial score (nSPS) is 12.4. The van der Waals surface area contributed by atoms with E-state index in [4.69, 9.17) is 5.11 Å². The Labute approximate surface area is 75.0 Å². The minimum Gasteiger partial charge on any atom is -0.481 e. The molecular formula is C8H11NO2S. The number of rotatable bonds is 4. The predicted molar refractivity (Wildman–Crippen MR) is 49.7 cm³/mol. The molecule has 0 fully saturated rings. The summed E-state index contributed by atoms with van der Waals surface area (Å²) in [5.41, 5.74) is 0.994. The summed E-state index contributed by atoms with van der Waals surface area (Å²) in [4.78, 5) is 10.3. The van der Waals surface area contributed by atoms with Crippen molar-refractivity contribution in [1.82, 2.24) is 0 Å². The molecule has 66 valence electrons. The molecule has 0 aliphatic carbocycles. The Balaban J connectivity index is 2.36. The molecule has 1 heterocycles. The Morgan fingerprint density at radius 2 is 2.58 bits per heavy atom. The van der Waals surface area contributed by atoms with Gasteiger partial charge in [-0.25, -0.2) is 0 Å². The van der Waals surface area contributed by atoms with Crippen LogP contribution in [0.25, 0.3) is 0 Å². The highest BCUT2D eigenvalue weighted by atomic mass is 32.1. The first-order valence-corrected chi connectivity index (χ1v) is 4.63. The van der Waals surface area contributed by atoms with Gasteiger partial charge >= 0.3 is 5.97 Å². The molecule has 2 N–H and O–H groups in total. The highest BCUT2D eigenvalue weighted by molar-refractivity contribution is 7.08. The van der Waals surface area contributed by atoms with Gasteiger partial charge in [0.1, 0.15) is 0 Å². The molecule has 0 saturated carbocycles. The lowest BCUT2D eigenvalue weighted by molar-refractivity contribution is -0.137. The molecule has 0 spiro atoms. The fraction of sp³-hybridized carbons (Fsp3) is 0.375. The summed E-state index contributed by atoms with van der Waals surface area (Å²) in [6, 6.07) is 1.92. The second-order valence-electron chi connectivity index (χ2n) is 2.66. The molecule has 12 heavy (non-hydrogen) atoms. The molecule has 0 bridgehead atoms. The fourth-order valence-corrected chi connectivity index (χ4v) is 1.54. The highest BCUT2D eigenvalue weighted by Crippen LogP contribution is 2.13. The lowest BCUT2D eigenvalue weighted by Crippen LogP contribution is -2.18. The molecule has 0 saturated heterocycles. The van der Waals surface area contributed by atoms with Gasteiger partial charge in [-0.05, 0) is 18.4 Å². The maximum Gasteiger partial charge on any atom is 0.305 e. The average Bonchev–Trinajstić information content (AvgIpc) is 2.37. The molecule has 1 atom stereocenters. The van der Waals surface area contributed by atoms with Crippen LogP contribution in [0.1, 0.15) is 13.3 Å². The monoisotopic (exact) mass is 185 g/mol. The van der Waals surface area contributed by atoms with Gasteiger partial charge in [-0.1, -0.05) is 0 Å². The fourth-order valence-electron chi connectivity index (χ4n) is 0.944. The standard InChI is InChI=1S/C8H11NO2S/c1-6(4-8(10)11)9-7-2-3-12-5-7/h2-3,5-6,9H,4H2,1H3,(H,10,11)/t6-/m1/s1.